The van der Waals surface area contributed by atoms with E-state index in [1.54, 1.807) is 0 Å². The van der Waals surface area contributed by atoms with Crippen LogP contribution in [-0.4, -0.2) is 21.8 Å². The number of aryl methyl sites for hydroxylation is 1. The van der Waals surface area contributed by atoms with E-state index in [-0.39, 0.29) is 22.3 Å². The standard InChI is InChI=1S/C29H25FN2O3S/c1-16-5-14-21-22(15-16)36-28(31-21)32-24(17-6-10-19(11-7-17)29(2,3)4)23(26(34)27(32)35)25(33)18-8-12-20(30)13-9-18/h5-15,24,33H,1-4H3/t24-/m1/s1. The van der Waals surface area contributed by atoms with Crippen molar-refractivity contribution >= 4 is 44.1 Å². The van der Waals surface area contributed by atoms with Crippen LogP contribution in [0.2, 0.25) is 0 Å². The van der Waals surface area contributed by atoms with Gasteiger partial charge >= 0.3 is 5.91 Å². The van der Waals surface area contributed by atoms with E-state index in [2.05, 4.69) is 25.8 Å². The number of aliphatic hydroxyl groups is 1. The fourth-order valence-corrected chi connectivity index (χ4v) is 5.49. The lowest BCUT2D eigenvalue weighted by atomic mass is 9.85. The van der Waals surface area contributed by atoms with Gasteiger partial charge in [-0.2, -0.15) is 0 Å². The number of fused-ring (bicyclic) bond motifs is 1. The lowest BCUT2D eigenvalue weighted by Gasteiger charge is -2.24. The third-order valence-electron chi connectivity index (χ3n) is 6.39. The number of halogens is 1. The van der Waals surface area contributed by atoms with Gasteiger partial charge in [0, 0.05) is 5.56 Å². The van der Waals surface area contributed by atoms with Gasteiger partial charge in [0.1, 0.15) is 11.6 Å². The summed E-state index contributed by atoms with van der Waals surface area (Å²) in [7, 11) is 0. The molecule has 0 spiro atoms. The molecule has 0 aliphatic carbocycles. The van der Waals surface area contributed by atoms with Crippen molar-refractivity contribution in [3.8, 4) is 0 Å². The Morgan fingerprint density at radius 3 is 2.31 bits per heavy atom. The first-order valence-electron chi connectivity index (χ1n) is 11.6. The highest BCUT2D eigenvalue weighted by atomic mass is 32.1. The molecule has 1 aliphatic heterocycles. The minimum absolute atomic E-state index is 0.0504. The molecule has 0 radical (unpaired) electrons. The summed E-state index contributed by atoms with van der Waals surface area (Å²) in [6.07, 6.45) is 0. The lowest BCUT2D eigenvalue weighted by molar-refractivity contribution is -0.132. The van der Waals surface area contributed by atoms with Crippen LogP contribution in [0.3, 0.4) is 0 Å². The zero-order valence-electron chi connectivity index (χ0n) is 20.4. The van der Waals surface area contributed by atoms with Crippen LogP contribution in [0.15, 0.2) is 72.3 Å². The molecule has 5 rings (SSSR count). The molecule has 1 fully saturated rings. The minimum Gasteiger partial charge on any atom is -0.507 e. The zero-order valence-corrected chi connectivity index (χ0v) is 21.2. The third-order valence-corrected chi connectivity index (χ3v) is 7.41. The van der Waals surface area contributed by atoms with E-state index in [9.17, 15) is 19.1 Å². The van der Waals surface area contributed by atoms with Crippen LogP contribution >= 0.6 is 11.3 Å². The highest BCUT2D eigenvalue weighted by molar-refractivity contribution is 7.22. The second-order valence-corrected chi connectivity index (χ2v) is 11.0. The Morgan fingerprint density at radius 2 is 1.67 bits per heavy atom. The van der Waals surface area contributed by atoms with Crippen LogP contribution in [0.1, 0.15) is 49.1 Å². The molecular weight excluding hydrogens is 475 g/mol. The second kappa shape index (κ2) is 8.68. The van der Waals surface area contributed by atoms with Crippen molar-refractivity contribution in [2.24, 2.45) is 0 Å². The van der Waals surface area contributed by atoms with Crippen LogP contribution in [0.4, 0.5) is 9.52 Å². The largest absolute Gasteiger partial charge is 0.507 e. The molecule has 1 saturated heterocycles. The van der Waals surface area contributed by atoms with Crippen LogP contribution in [0.5, 0.6) is 0 Å². The van der Waals surface area contributed by atoms with Gasteiger partial charge in [-0.3, -0.25) is 14.5 Å². The van der Waals surface area contributed by atoms with Gasteiger partial charge in [0.2, 0.25) is 0 Å². The fourth-order valence-electron chi connectivity index (χ4n) is 4.40. The number of hydrogen-bond donors (Lipinski definition) is 1. The average molecular weight is 501 g/mol. The van der Waals surface area contributed by atoms with Crippen LogP contribution in [0.25, 0.3) is 16.0 Å². The summed E-state index contributed by atoms with van der Waals surface area (Å²) in [5, 5.41) is 11.6. The number of benzene rings is 3. The van der Waals surface area contributed by atoms with E-state index in [4.69, 9.17) is 0 Å². The number of nitrogens with zero attached hydrogens (tertiary/aromatic N) is 2. The number of Topliss-reactive ketones (excluding diaryl/α,β-unsaturated/α-hetero) is 1. The predicted molar refractivity (Wildman–Crippen MR) is 141 cm³/mol. The van der Waals surface area contributed by atoms with Crippen molar-refractivity contribution < 1.29 is 19.1 Å². The average Bonchev–Trinajstić information content (AvgIpc) is 3.36. The van der Waals surface area contributed by atoms with Gasteiger partial charge in [0.25, 0.3) is 5.78 Å². The molecule has 3 aromatic carbocycles. The molecule has 0 unspecified atom stereocenters. The monoisotopic (exact) mass is 500 g/mol. The van der Waals surface area contributed by atoms with Crippen molar-refractivity contribution in [2.45, 2.75) is 39.2 Å². The quantitative estimate of drug-likeness (QED) is 0.194. The fraction of sp³-hybridized carbons (Fsp3) is 0.207. The number of carbonyl (C=O) groups excluding carboxylic acids is 2. The summed E-state index contributed by atoms with van der Waals surface area (Å²) in [6.45, 7) is 8.29. The molecule has 1 aliphatic rings. The molecule has 4 aromatic rings. The van der Waals surface area contributed by atoms with Crippen molar-refractivity contribution in [2.75, 3.05) is 4.90 Å². The minimum atomic E-state index is -0.884. The van der Waals surface area contributed by atoms with Gasteiger partial charge in [-0.1, -0.05) is 62.4 Å². The molecule has 2 heterocycles. The smallest absolute Gasteiger partial charge is 0.301 e. The van der Waals surface area contributed by atoms with Crippen LogP contribution in [-0.2, 0) is 15.0 Å². The van der Waals surface area contributed by atoms with E-state index in [0.29, 0.717) is 10.7 Å². The van der Waals surface area contributed by atoms with E-state index in [1.165, 1.54) is 40.5 Å². The Labute approximate surface area is 212 Å². The Morgan fingerprint density at radius 1 is 1.00 bits per heavy atom. The Bertz CT molecular complexity index is 1530. The molecule has 182 valence electrons. The summed E-state index contributed by atoms with van der Waals surface area (Å²) in [5.41, 5.74) is 3.67. The number of hydrogen-bond acceptors (Lipinski definition) is 5. The third kappa shape index (κ3) is 4.09. The molecule has 7 heteroatoms. The van der Waals surface area contributed by atoms with Crippen LogP contribution < -0.4 is 4.90 Å². The van der Waals surface area contributed by atoms with Gasteiger partial charge < -0.3 is 5.11 Å². The molecule has 0 bridgehead atoms. The van der Waals surface area contributed by atoms with E-state index in [1.807, 2.05) is 49.4 Å². The summed E-state index contributed by atoms with van der Waals surface area (Å²) >= 11 is 1.32. The van der Waals surface area contributed by atoms with Crippen LogP contribution in [0, 0.1) is 12.7 Å². The highest BCUT2D eigenvalue weighted by Gasteiger charge is 2.48. The molecule has 1 atom stereocenters. The first kappa shape index (κ1) is 23.9. The maximum atomic E-state index is 13.5. The van der Waals surface area contributed by atoms with Gasteiger partial charge in [0.15, 0.2) is 5.13 Å². The summed E-state index contributed by atoms with van der Waals surface area (Å²) in [6, 6.07) is 17.8. The summed E-state index contributed by atoms with van der Waals surface area (Å²) in [4.78, 5) is 32.8. The number of aliphatic hydroxyl groups excluding tert-OH is 1. The van der Waals surface area contributed by atoms with Gasteiger partial charge in [-0.15, -0.1) is 0 Å². The first-order valence-corrected chi connectivity index (χ1v) is 12.4. The topological polar surface area (TPSA) is 70.5 Å². The number of amides is 1. The first-order chi connectivity index (χ1) is 17.0. The number of ketones is 1. The van der Waals surface area contributed by atoms with E-state index < -0.39 is 23.5 Å². The maximum absolute atomic E-state index is 13.5. The van der Waals surface area contributed by atoms with Crippen molar-refractivity contribution in [3.05, 3.63) is 100 Å². The van der Waals surface area contributed by atoms with E-state index >= 15 is 0 Å². The van der Waals surface area contributed by atoms with Gasteiger partial charge in [0.05, 0.1) is 21.8 Å². The second-order valence-electron chi connectivity index (χ2n) is 10.0. The molecule has 36 heavy (non-hydrogen) atoms. The van der Waals surface area contributed by atoms with Crippen molar-refractivity contribution in [3.63, 3.8) is 0 Å². The highest BCUT2D eigenvalue weighted by Crippen LogP contribution is 2.44. The van der Waals surface area contributed by atoms with Crippen molar-refractivity contribution in [1.82, 2.24) is 4.98 Å². The predicted octanol–water partition coefficient (Wildman–Crippen LogP) is 6.67. The normalized spacial score (nSPS) is 17.8. The lowest BCUT2D eigenvalue weighted by Crippen LogP contribution is -2.29. The number of anilines is 1. The zero-order chi connectivity index (χ0) is 25.8. The molecule has 1 amide bonds. The summed E-state index contributed by atoms with van der Waals surface area (Å²) in [5.74, 6) is -2.39. The molecule has 1 N–H and O–H groups in total. The van der Waals surface area contributed by atoms with Gasteiger partial charge in [-0.05, 0) is 65.4 Å². The number of thiazole rings is 1. The Hall–Kier alpha value is -3.84. The van der Waals surface area contributed by atoms with E-state index in [0.717, 1.165) is 21.3 Å². The van der Waals surface area contributed by atoms with Gasteiger partial charge in [-0.25, -0.2) is 9.37 Å². The Kier molecular flexibility index (Phi) is 5.75. The molecule has 0 saturated carbocycles. The molecule has 5 nitrogen and oxygen atoms in total. The SMILES string of the molecule is Cc1ccc2nc(N3C(=O)C(=O)C(=C(O)c4ccc(F)cc4)[C@H]3c3ccc(C(C)(C)C)cc3)sc2c1. The molecular formula is C29H25FN2O3S. The molecule has 1 aromatic heterocycles. The van der Waals surface area contributed by atoms with Crippen molar-refractivity contribution in [1.29, 1.82) is 0 Å². The Balaban J connectivity index is 1.71. The summed E-state index contributed by atoms with van der Waals surface area (Å²) < 4.78 is 14.4. The number of rotatable bonds is 3. The maximum Gasteiger partial charge on any atom is 0.301 e. The number of carbonyl (C=O) groups is 2. The number of aromatic nitrogens is 1.